The number of aromatic amines is 1. The van der Waals surface area contributed by atoms with Crippen LogP contribution in [0.15, 0.2) is 40.1 Å². The van der Waals surface area contributed by atoms with Gasteiger partial charge in [-0.3, -0.25) is 14.6 Å². The van der Waals surface area contributed by atoms with Crippen LogP contribution in [-0.4, -0.2) is 41.6 Å². The van der Waals surface area contributed by atoms with Crippen LogP contribution in [0.4, 0.5) is 5.69 Å². The minimum atomic E-state index is -0.684. The van der Waals surface area contributed by atoms with E-state index in [1.165, 1.54) is 49.2 Å². The SMILES string of the molecule is COC(=O)c1cc(NC(=O)CCn2ccc(=O)[nH]c2=O)cc(C(=O)OC)c1. The maximum atomic E-state index is 12.1. The number of hydrogen-bond donors (Lipinski definition) is 2. The van der Waals surface area contributed by atoms with E-state index in [-0.39, 0.29) is 29.8 Å². The molecule has 142 valence electrons. The maximum absolute atomic E-state index is 12.1. The van der Waals surface area contributed by atoms with Crippen molar-refractivity contribution in [3.05, 3.63) is 62.4 Å². The molecule has 2 aromatic rings. The first-order valence-electron chi connectivity index (χ1n) is 7.75. The van der Waals surface area contributed by atoms with Crippen LogP contribution in [-0.2, 0) is 20.8 Å². The molecule has 2 rings (SSSR count). The summed E-state index contributed by atoms with van der Waals surface area (Å²) in [6.45, 7) is 0.0298. The molecule has 1 aromatic heterocycles. The highest BCUT2D eigenvalue weighted by Gasteiger charge is 2.15. The molecule has 27 heavy (non-hydrogen) atoms. The Bertz CT molecular complexity index is 956. The van der Waals surface area contributed by atoms with Gasteiger partial charge in [-0.2, -0.15) is 0 Å². The summed E-state index contributed by atoms with van der Waals surface area (Å²) in [4.78, 5) is 60.3. The number of nitrogens with zero attached hydrogens (tertiary/aromatic N) is 1. The molecule has 1 aromatic carbocycles. The number of nitrogens with one attached hydrogen (secondary N) is 2. The molecule has 0 radical (unpaired) electrons. The second kappa shape index (κ2) is 8.61. The van der Waals surface area contributed by atoms with Crippen LogP contribution in [0.3, 0.4) is 0 Å². The van der Waals surface area contributed by atoms with Gasteiger partial charge in [0.1, 0.15) is 0 Å². The summed E-state index contributed by atoms with van der Waals surface area (Å²) in [5.74, 6) is -1.84. The van der Waals surface area contributed by atoms with E-state index in [1.54, 1.807) is 0 Å². The number of carbonyl (C=O) groups is 3. The van der Waals surface area contributed by atoms with Crippen molar-refractivity contribution in [1.82, 2.24) is 9.55 Å². The first-order valence-corrected chi connectivity index (χ1v) is 7.75. The summed E-state index contributed by atoms with van der Waals surface area (Å²) in [5.41, 5.74) is -0.844. The quantitative estimate of drug-likeness (QED) is 0.685. The Morgan fingerprint density at radius 1 is 1.04 bits per heavy atom. The largest absolute Gasteiger partial charge is 0.465 e. The van der Waals surface area contributed by atoms with E-state index in [0.29, 0.717) is 0 Å². The van der Waals surface area contributed by atoms with Crippen LogP contribution in [0, 0.1) is 0 Å². The van der Waals surface area contributed by atoms with Gasteiger partial charge in [-0.15, -0.1) is 0 Å². The zero-order valence-electron chi connectivity index (χ0n) is 14.6. The van der Waals surface area contributed by atoms with Crippen LogP contribution >= 0.6 is 0 Å². The molecule has 0 saturated carbocycles. The zero-order valence-corrected chi connectivity index (χ0v) is 14.6. The molecule has 10 nitrogen and oxygen atoms in total. The molecule has 0 spiro atoms. The fraction of sp³-hybridized carbons (Fsp3) is 0.235. The van der Waals surface area contributed by atoms with Crippen molar-refractivity contribution in [2.75, 3.05) is 19.5 Å². The van der Waals surface area contributed by atoms with Gasteiger partial charge in [0.2, 0.25) is 5.91 Å². The molecule has 0 fully saturated rings. The Labute approximate surface area is 152 Å². The molecule has 0 unspecified atom stereocenters. The number of aryl methyl sites for hydroxylation is 1. The van der Waals surface area contributed by atoms with Crippen molar-refractivity contribution in [1.29, 1.82) is 0 Å². The van der Waals surface area contributed by atoms with Crippen molar-refractivity contribution in [3.63, 3.8) is 0 Å². The molecule has 0 bridgehead atoms. The highest BCUT2D eigenvalue weighted by Crippen LogP contribution is 2.17. The topological polar surface area (TPSA) is 137 Å². The van der Waals surface area contributed by atoms with E-state index < -0.39 is 29.1 Å². The Balaban J connectivity index is 2.15. The van der Waals surface area contributed by atoms with Crippen molar-refractivity contribution in [2.45, 2.75) is 13.0 Å². The second-order valence-corrected chi connectivity index (χ2v) is 5.38. The number of methoxy groups -OCH3 is 2. The molecule has 0 atom stereocenters. The number of hydrogen-bond acceptors (Lipinski definition) is 7. The number of rotatable bonds is 6. The molecular weight excluding hydrogens is 358 g/mol. The van der Waals surface area contributed by atoms with E-state index in [9.17, 15) is 24.0 Å². The van der Waals surface area contributed by atoms with E-state index in [4.69, 9.17) is 0 Å². The van der Waals surface area contributed by atoms with Gasteiger partial charge in [-0.25, -0.2) is 14.4 Å². The van der Waals surface area contributed by atoms with Crippen LogP contribution in [0.5, 0.6) is 0 Å². The molecule has 0 saturated heterocycles. The predicted molar refractivity (Wildman–Crippen MR) is 93.7 cm³/mol. The Kier molecular flexibility index (Phi) is 6.26. The average molecular weight is 375 g/mol. The lowest BCUT2D eigenvalue weighted by molar-refractivity contribution is -0.116. The van der Waals surface area contributed by atoms with Gasteiger partial charge < -0.3 is 19.4 Å². The Hall–Kier alpha value is -3.69. The number of esters is 2. The van der Waals surface area contributed by atoms with Gasteiger partial charge in [0.25, 0.3) is 5.56 Å². The van der Waals surface area contributed by atoms with Gasteiger partial charge in [0.05, 0.1) is 25.3 Å². The third kappa shape index (κ3) is 5.14. The predicted octanol–water partition coefficient (Wildman–Crippen LogP) is 0.139. The average Bonchev–Trinajstić information content (AvgIpc) is 2.65. The first-order chi connectivity index (χ1) is 12.8. The van der Waals surface area contributed by atoms with Crippen molar-refractivity contribution >= 4 is 23.5 Å². The normalized spacial score (nSPS) is 10.1. The van der Waals surface area contributed by atoms with Crippen molar-refractivity contribution in [2.24, 2.45) is 0 Å². The Morgan fingerprint density at radius 2 is 1.63 bits per heavy atom. The highest BCUT2D eigenvalue weighted by molar-refractivity contribution is 5.99. The van der Waals surface area contributed by atoms with Gasteiger partial charge in [-0.1, -0.05) is 0 Å². The highest BCUT2D eigenvalue weighted by atomic mass is 16.5. The summed E-state index contributed by atoms with van der Waals surface area (Å²) in [6.07, 6.45) is 1.20. The van der Waals surface area contributed by atoms with E-state index in [1.807, 2.05) is 0 Å². The lowest BCUT2D eigenvalue weighted by Gasteiger charge is -2.10. The van der Waals surface area contributed by atoms with Gasteiger partial charge in [0.15, 0.2) is 0 Å². The van der Waals surface area contributed by atoms with Crippen LogP contribution in [0.25, 0.3) is 0 Å². The molecule has 1 amide bonds. The molecule has 2 N–H and O–H groups in total. The lowest BCUT2D eigenvalue weighted by Crippen LogP contribution is -2.29. The minimum Gasteiger partial charge on any atom is -0.465 e. The molecule has 0 aliphatic rings. The monoisotopic (exact) mass is 375 g/mol. The summed E-state index contributed by atoms with van der Waals surface area (Å²) >= 11 is 0. The van der Waals surface area contributed by atoms with E-state index in [0.717, 1.165) is 0 Å². The Morgan fingerprint density at radius 3 is 2.15 bits per heavy atom. The third-order valence-electron chi connectivity index (χ3n) is 3.54. The summed E-state index contributed by atoms with van der Waals surface area (Å²) < 4.78 is 10.4. The molecule has 0 aliphatic carbocycles. The fourth-order valence-electron chi connectivity index (χ4n) is 2.24. The number of aromatic nitrogens is 2. The molecule has 10 heteroatoms. The van der Waals surface area contributed by atoms with E-state index >= 15 is 0 Å². The number of anilines is 1. The number of ether oxygens (including phenoxy) is 2. The number of carbonyl (C=O) groups excluding carboxylic acids is 3. The van der Waals surface area contributed by atoms with E-state index in [2.05, 4.69) is 19.8 Å². The maximum Gasteiger partial charge on any atom is 0.337 e. The van der Waals surface area contributed by atoms with Crippen LogP contribution in [0.2, 0.25) is 0 Å². The number of benzene rings is 1. The molecule has 0 aliphatic heterocycles. The van der Waals surface area contributed by atoms with Gasteiger partial charge in [-0.05, 0) is 18.2 Å². The third-order valence-corrected chi connectivity index (χ3v) is 3.54. The molecular formula is C17H17N3O7. The van der Waals surface area contributed by atoms with Crippen molar-refractivity contribution < 1.29 is 23.9 Å². The fourth-order valence-corrected chi connectivity index (χ4v) is 2.24. The minimum absolute atomic E-state index is 0.0298. The first kappa shape index (κ1) is 19.6. The second-order valence-electron chi connectivity index (χ2n) is 5.38. The standard InChI is InChI=1S/C17H17N3O7/c1-26-15(23)10-7-11(16(24)27-2)9-12(8-10)18-13(21)3-5-20-6-4-14(22)19-17(20)25/h4,6-9H,3,5H2,1-2H3,(H,18,21)(H,19,22,25). The number of H-pyrrole nitrogens is 1. The summed E-state index contributed by atoms with van der Waals surface area (Å²) in [7, 11) is 2.38. The van der Waals surface area contributed by atoms with Gasteiger partial charge >= 0.3 is 17.6 Å². The summed E-state index contributed by atoms with van der Waals surface area (Å²) in [6, 6.07) is 5.15. The lowest BCUT2D eigenvalue weighted by atomic mass is 10.1. The molecule has 1 heterocycles. The van der Waals surface area contributed by atoms with Crippen molar-refractivity contribution in [3.8, 4) is 0 Å². The van der Waals surface area contributed by atoms with Crippen LogP contribution < -0.4 is 16.6 Å². The summed E-state index contributed by atoms with van der Waals surface area (Å²) in [5, 5.41) is 2.54. The van der Waals surface area contributed by atoms with Gasteiger partial charge in [0, 0.05) is 30.9 Å². The smallest absolute Gasteiger partial charge is 0.337 e. The zero-order chi connectivity index (χ0) is 20.0. The van der Waals surface area contributed by atoms with Crippen LogP contribution in [0.1, 0.15) is 27.1 Å². The number of amides is 1.